The summed E-state index contributed by atoms with van der Waals surface area (Å²) in [5.74, 6) is 1.68. The third kappa shape index (κ3) is 3.89. The molecule has 0 atom stereocenters. The van der Waals surface area contributed by atoms with Gasteiger partial charge in [-0.15, -0.1) is 0 Å². The van der Waals surface area contributed by atoms with Gasteiger partial charge in [0, 0.05) is 67.7 Å². The lowest BCUT2D eigenvalue weighted by Gasteiger charge is -2.30. The molecule has 1 fully saturated rings. The fourth-order valence-corrected chi connectivity index (χ4v) is 3.54. The predicted octanol–water partition coefficient (Wildman–Crippen LogP) is 3.00. The summed E-state index contributed by atoms with van der Waals surface area (Å²) in [6, 6.07) is 6.20. The number of nitriles is 1. The maximum atomic E-state index is 9.06. The summed E-state index contributed by atoms with van der Waals surface area (Å²) in [6.07, 6.45) is 10.4. The van der Waals surface area contributed by atoms with Gasteiger partial charge in [0.1, 0.15) is 11.9 Å². The van der Waals surface area contributed by atoms with Gasteiger partial charge in [0.15, 0.2) is 0 Å². The standard InChI is InChI=1S/C22H24N6/c1-15-6-17(8-23)11-27-22(15)28-5-4-21-19(14-28)7-18(13-26-21)20(9-24)12-25-10-16-2-3-16/h6-7,9,11-13,16H,2-5,10,14,24H2,1H3. The summed E-state index contributed by atoms with van der Waals surface area (Å²) in [4.78, 5) is 16.0. The largest absolute Gasteiger partial charge is 0.404 e. The molecule has 3 heterocycles. The molecule has 0 unspecified atom stereocenters. The minimum absolute atomic E-state index is 0.589. The van der Waals surface area contributed by atoms with Crippen LogP contribution in [-0.4, -0.2) is 29.3 Å². The molecular formula is C22H24N6. The van der Waals surface area contributed by atoms with Crippen molar-refractivity contribution in [2.75, 3.05) is 18.0 Å². The quantitative estimate of drug-likeness (QED) is 0.815. The van der Waals surface area contributed by atoms with Crippen molar-refractivity contribution in [1.29, 1.82) is 5.26 Å². The highest BCUT2D eigenvalue weighted by Crippen LogP contribution is 2.29. The van der Waals surface area contributed by atoms with Gasteiger partial charge in [0.25, 0.3) is 0 Å². The lowest BCUT2D eigenvalue weighted by atomic mass is 10.0. The van der Waals surface area contributed by atoms with Crippen LogP contribution in [0.2, 0.25) is 0 Å². The van der Waals surface area contributed by atoms with Crippen LogP contribution in [0.25, 0.3) is 5.57 Å². The van der Waals surface area contributed by atoms with Crippen molar-refractivity contribution in [2.45, 2.75) is 32.7 Å². The third-order valence-corrected chi connectivity index (χ3v) is 5.32. The number of nitrogens with two attached hydrogens (primary N) is 1. The van der Waals surface area contributed by atoms with Crippen molar-refractivity contribution >= 4 is 17.6 Å². The number of rotatable bonds is 5. The van der Waals surface area contributed by atoms with Gasteiger partial charge in [0.2, 0.25) is 0 Å². The Hall–Kier alpha value is -3.20. The van der Waals surface area contributed by atoms with Crippen LogP contribution in [0.4, 0.5) is 5.82 Å². The molecular weight excluding hydrogens is 348 g/mol. The number of pyridine rings is 2. The van der Waals surface area contributed by atoms with Gasteiger partial charge in [-0.05, 0) is 48.9 Å². The summed E-state index contributed by atoms with van der Waals surface area (Å²) >= 11 is 0. The number of aliphatic imine (C=N–C) groups is 1. The maximum absolute atomic E-state index is 9.06. The molecule has 2 aromatic heterocycles. The zero-order valence-electron chi connectivity index (χ0n) is 16.1. The second kappa shape index (κ2) is 7.81. The molecule has 1 aliphatic carbocycles. The van der Waals surface area contributed by atoms with E-state index in [1.54, 1.807) is 12.4 Å². The van der Waals surface area contributed by atoms with Crippen molar-refractivity contribution in [1.82, 2.24) is 9.97 Å². The predicted molar refractivity (Wildman–Crippen MR) is 111 cm³/mol. The molecule has 1 saturated carbocycles. The van der Waals surface area contributed by atoms with Gasteiger partial charge >= 0.3 is 0 Å². The van der Waals surface area contributed by atoms with E-state index in [-0.39, 0.29) is 0 Å². The Bertz CT molecular complexity index is 981. The molecule has 6 heteroatoms. The first-order chi connectivity index (χ1) is 13.7. The second-order valence-corrected chi connectivity index (χ2v) is 7.54. The number of anilines is 1. The topological polar surface area (TPSA) is 91.2 Å². The van der Waals surface area contributed by atoms with Crippen molar-refractivity contribution in [2.24, 2.45) is 16.6 Å². The lowest BCUT2D eigenvalue weighted by Crippen LogP contribution is -2.32. The zero-order chi connectivity index (χ0) is 19.5. The number of allylic oxidation sites excluding steroid dienone is 1. The molecule has 2 aliphatic rings. The normalized spacial score (nSPS) is 16.9. The molecule has 0 spiro atoms. The van der Waals surface area contributed by atoms with E-state index in [2.05, 4.69) is 32.0 Å². The Kier molecular flexibility index (Phi) is 5.07. The van der Waals surface area contributed by atoms with E-state index in [9.17, 15) is 0 Å². The average molecular weight is 372 g/mol. The highest BCUT2D eigenvalue weighted by atomic mass is 15.2. The first kappa shape index (κ1) is 18.2. The first-order valence-corrected chi connectivity index (χ1v) is 9.69. The van der Waals surface area contributed by atoms with Crippen LogP contribution in [0.3, 0.4) is 0 Å². The molecule has 0 bridgehead atoms. The Morgan fingerprint density at radius 1 is 1.36 bits per heavy atom. The van der Waals surface area contributed by atoms with Gasteiger partial charge in [-0.25, -0.2) is 4.98 Å². The summed E-state index contributed by atoms with van der Waals surface area (Å²) in [7, 11) is 0. The number of hydrogen-bond donors (Lipinski definition) is 1. The van der Waals surface area contributed by atoms with Gasteiger partial charge < -0.3 is 10.6 Å². The van der Waals surface area contributed by atoms with E-state index in [4.69, 9.17) is 11.0 Å². The summed E-state index contributed by atoms with van der Waals surface area (Å²) in [5.41, 5.74) is 11.7. The zero-order valence-corrected chi connectivity index (χ0v) is 16.1. The Balaban J connectivity index is 1.55. The van der Waals surface area contributed by atoms with E-state index in [0.29, 0.717) is 5.56 Å². The second-order valence-electron chi connectivity index (χ2n) is 7.54. The van der Waals surface area contributed by atoms with Crippen LogP contribution in [0.1, 0.15) is 40.8 Å². The number of aryl methyl sites for hydroxylation is 1. The van der Waals surface area contributed by atoms with Crippen molar-refractivity contribution < 1.29 is 0 Å². The van der Waals surface area contributed by atoms with Gasteiger partial charge in [-0.3, -0.25) is 9.98 Å². The molecule has 0 amide bonds. The highest BCUT2D eigenvalue weighted by Gasteiger charge is 2.21. The first-order valence-electron chi connectivity index (χ1n) is 9.69. The highest BCUT2D eigenvalue weighted by molar-refractivity contribution is 6.09. The van der Waals surface area contributed by atoms with E-state index in [1.165, 1.54) is 18.4 Å². The lowest BCUT2D eigenvalue weighted by molar-refractivity contribution is 0.700. The fraction of sp³-hybridized carbons (Fsp3) is 0.364. The Morgan fingerprint density at radius 3 is 2.93 bits per heavy atom. The monoisotopic (exact) mass is 372 g/mol. The Morgan fingerprint density at radius 2 is 2.21 bits per heavy atom. The maximum Gasteiger partial charge on any atom is 0.131 e. The van der Waals surface area contributed by atoms with Crippen LogP contribution in [-0.2, 0) is 13.0 Å². The fourth-order valence-electron chi connectivity index (χ4n) is 3.54. The molecule has 2 N–H and O–H groups in total. The molecule has 4 rings (SSSR count). The van der Waals surface area contributed by atoms with Crippen molar-refractivity contribution in [3.8, 4) is 6.07 Å². The SMILES string of the molecule is Cc1cc(C#N)cnc1N1CCc2ncc(C(C=NCC3CC3)=CN)cc2C1. The third-order valence-electron chi connectivity index (χ3n) is 5.32. The van der Waals surface area contributed by atoms with Crippen LogP contribution < -0.4 is 10.6 Å². The van der Waals surface area contributed by atoms with Gasteiger partial charge in [-0.2, -0.15) is 5.26 Å². The molecule has 0 saturated heterocycles. The Labute approximate surface area is 165 Å². The summed E-state index contributed by atoms with van der Waals surface area (Å²) in [6.45, 7) is 4.49. The number of fused-ring (bicyclic) bond motifs is 1. The van der Waals surface area contributed by atoms with Gasteiger partial charge in [0.05, 0.1) is 5.56 Å². The van der Waals surface area contributed by atoms with E-state index < -0.39 is 0 Å². The number of aromatic nitrogens is 2. The van der Waals surface area contributed by atoms with Crippen LogP contribution >= 0.6 is 0 Å². The molecule has 2 aromatic rings. The van der Waals surface area contributed by atoms with Crippen LogP contribution in [0, 0.1) is 24.2 Å². The molecule has 0 radical (unpaired) electrons. The molecule has 142 valence electrons. The smallest absolute Gasteiger partial charge is 0.131 e. The van der Waals surface area contributed by atoms with Crippen molar-refractivity contribution in [3.63, 3.8) is 0 Å². The average Bonchev–Trinajstić information content (AvgIpc) is 3.55. The van der Waals surface area contributed by atoms with Crippen molar-refractivity contribution in [3.05, 3.63) is 58.7 Å². The van der Waals surface area contributed by atoms with E-state index >= 15 is 0 Å². The van der Waals surface area contributed by atoms with Crippen LogP contribution in [0.5, 0.6) is 0 Å². The molecule has 28 heavy (non-hydrogen) atoms. The molecule has 1 aliphatic heterocycles. The number of hydrogen-bond acceptors (Lipinski definition) is 6. The summed E-state index contributed by atoms with van der Waals surface area (Å²) < 4.78 is 0. The van der Waals surface area contributed by atoms with E-state index in [1.807, 2.05) is 25.4 Å². The summed E-state index contributed by atoms with van der Waals surface area (Å²) in [5, 5.41) is 9.06. The van der Waals surface area contributed by atoms with Gasteiger partial charge in [-0.1, -0.05) is 0 Å². The minimum atomic E-state index is 0.589. The molecule has 6 nitrogen and oxygen atoms in total. The van der Waals surface area contributed by atoms with Crippen LogP contribution in [0.15, 0.2) is 35.7 Å². The molecule has 0 aromatic carbocycles. The number of nitrogens with zero attached hydrogens (tertiary/aromatic N) is 5. The minimum Gasteiger partial charge on any atom is -0.404 e. The van der Waals surface area contributed by atoms with E-state index in [0.717, 1.165) is 60.2 Å².